The van der Waals surface area contributed by atoms with E-state index in [1.807, 2.05) is 19.1 Å². The predicted molar refractivity (Wildman–Crippen MR) is 98.8 cm³/mol. The molecule has 0 bridgehead atoms. The number of aromatic nitrogens is 3. The van der Waals surface area contributed by atoms with E-state index in [0.717, 1.165) is 45.4 Å². The Hall–Kier alpha value is -2.39. The van der Waals surface area contributed by atoms with Gasteiger partial charge in [-0.3, -0.25) is 10.00 Å². The molecule has 9 heteroatoms. The zero-order valence-electron chi connectivity index (χ0n) is 15.4. The zero-order valence-corrected chi connectivity index (χ0v) is 15.4. The van der Waals surface area contributed by atoms with Crippen LogP contribution < -0.4 is 10.6 Å². The summed E-state index contributed by atoms with van der Waals surface area (Å²) in [6.07, 6.45) is 1.60. The first-order valence-corrected chi connectivity index (χ1v) is 9.05. The highest BCUT2D eigenvalue weighted by molar-refractivity contribution is 5.79. The van der Waals surface area contributed by atoms with Gasteiger partial charge in [-0.25, -0.2) is 9.98 Å². The highest BCUT2D eigenvalue weighted by Crippen LogP contribution is 2.14. The first-order chi connectivity index (χ1) is 12.8. The van der Waals surface area contributed by atoms with Crippen LogP contribution in [-0.2, 0) is 11.3 Å². The largest absolute Gasteiger partial charge is 0.461 e. The van der Waals surface area contributed by atoms with Gasteiger partial charge in [-0.15, -0.1) is 5.10 Å². The lowest BCUT2D eigenvalue weighted by molar-refractivity contribution is 0.0211. The molecule has 2 aromatic heterocycles. The van der Waals surface area contributed by atoms with E-state index in [4.69, 9.17) is 9.15 Å². The number of rotatable bonds is 7. The predicted octanol–water partition coefficient (Wildman–Crippen LogP) is 0.841. The van der Waals surface area contributed by atoms with Crippen molar-refractivity contribution < 1.29 is 9.15 Å². The molecule has 1 saturated heterocycles. The second-order valence-corrected chi connectivity index (χ2v) is 6.16. The molecule has 0 radical (unpaired) electrons. The number of H-pyrrole nitrogens is 1. The van der Waals surface area contributed by atoms with Crippen molar-refractivity contribution in [3.8, 4) is 11.6 Å². The summed E-state index contributed by atoms with van der Waals surface area (Å²) < 4.78 is 10.7. The van der Waals surface area contributed by atoms with E-state index in [-0.39, 0.29) is 0 Å². The number of hydrogen-bond acceptors (Lipinski definition) is 6. The Balaban J connectivity index is 1.53. The Kier molecular flexibility index (Phi) is 6.62. The van der Waals surface area contributed by atoms with Crippen molar-refractivity contribution in [2.45, 2.75) is 26.4 Å². The minimum Gasteiger partial charge on any atom is -0.461 e. The van der Waals surface area contributed by atoms with Crippen LogP contribution in [0.1, 0.15) is 19.7 Å². The van der Waals surface area contributed by atoms with Crippen LogP contribution in [0, 0.1) is 0 Å². The van der Waals surface area contributed by atoms with E-state index in [1.165, 1.54) is 0 Å². The van der Waals surface area contributed by atoms with Gasteiger partial charge in [0.25, 0.3) is 0 Å². The minimum atomic E-state index is 0.412. The van der Waals surface area contributed by atoms with Crippen LogP contribution >= 0.6 is 0 Å². The third kappa shape index (κ3) is 5.06. The van der Waals surface area contributed by atoms with E-state index in [9.17, 15) is 0 Å². The summed E-state index contributed by atoms with van der Waals surface area (Å²) in [7, 11) is 0. The number of nitrogens with zero attached hydrogens (tertiary/aromatic N) is 4. The van der Waals surface area contributed by atoms with Gasteiger partial charge in [0.15, 0.2) is 11.7 Å². The third-order valence-electron chi connectivity index (χ3n) is 4.24. The average Bonchev–Trinajstić information content (AvgIpc) is 3.36. The lowest BCUT2D eigenvalue weighted by Crippen LogP contribution is -2.49. The van der Waals surface area contributed by atoms with Gasteiger partial charge in [0.05, 0.1) is 19.5 Å². The summed E-state index contributed by atoms with van der Waals surface area (Å²) in [5.41, 5.74) is 0. The van der Waals surface area contributed by atoms with Crippen molar-refractivity contribution in [1.82, 2.24) is 30.7 Å². The Labute approximate surface area is 153 Å². The number of ether oxygens (including phenoxy) is 1. The molecule has 0 amide bonds. The number of guanidine groups is 1. The molecule has 2 aromatic rings. The first-order valence-electron chi connectivity index (χ1n) is 9.05. The lowest BCUT2D eigenvalue weighted by atomic mass is 10.2. The highest BCUT2D eigenvalue weighted by Gasteiger charge is 2.17. The number of morpholine rings is 1. The van der Waals surface area contributed by atoms with Crippen molar-refractivity contribution in [3.63, 3.8) is 0 Å². The molecule has 0 saturated carbocycles. The van der Waals surface area contributed by atoms with Crippen molar-refractivity contribution in [2.75, 3.05) is 39.4 Å². The molecular weight excluding hydrogens is 334 g/mol. The molecule has 1 fully saturated rings. The molecule has 9 nitrogen and oxygen atoms in total. The molecular formula is C17H27N7O2. The average molecular weight is 361 g/mol. The Bertz CT molecular complexity index is 677. The molecule has 0 aromatic carbocycles. The second-order valence-electron chi connectivity index (χ2n) is 6.16. The Morgan fingerprint density at radius 2 is 2.23 bits per heavy atom. The summed E-state index contributed by atoms with van der Waals surface area (Å²) in [5.74, 6) is 2.64. The number of furan rings is 1. The Morgan fingerprint density at radius 3 is 2.96 bits per heavy atom. The van der Waals surface area contributed by atoms with Gasteiger partial charge in [0.2, 0.25) is 5.82 Å². The maximum absolute atomic E-state index is 5.41. The molecule has 1 aliphatic rings. The highest BCUT2D eigenvalue weighted by atomic mass is 16.5. The van der Waals surface area contributed by atoms with E-state index >= 15 is 0 Å². The number of aromatic amines is 1. The first kappa shape index (κ1) is 18.4. The summed E-state index contributed by atoms with van der Waals surface area (Å²) in [6.45, 7) is 9.86. The molecule has 142 valence electrons. The minimum absolute atomic E-state index is 0.412. The van der Waals surface area contributed by atoms with Crippen LogP contribution in [0.15, 0.2) is 27.8 Å². The standard InChI is InChI=1S/C17H27N7O2/c1-3-18-17(19-11-13(2)24-6-9-25-10-7-24)20-12-15-21-16(23-22-15)14-5-4-8-26-14/h4-5,8,13H,3,6-7,9-12H2,1-2H3,(H2,18,19,20)(H,21,22,23). The van der Waals surface area contributed by atoms with E-state index in [1.54, 1.807) is 6.26 Å². The van der Waals surface area contributed by atoms with Gasteiger partial charge in [-0.2, -0.15) is 0 Å². The summed E-state index contributed by atoms with van der Waals surface area (Å²) in [6, 6.07) is 4.06. The van der Waals surface area contributed by atoms with Crippen molar-refractivity contribution >= 4 is 5.96 Å². The maximum atomic E-state index is 5.41. The fraction of sp³-hybridized carbons (Fsp3) is 0.588. The molecule has 1 unspecified atom stereocenters. The zero-order chi connectivity index (χ0) is 18.2. The number of aliphatic imine (C=N–C) groups is 1. The van der Waals surface area contributed by atoms with Gasteiger partial charge in [-0.05, 0) is 26.0 Å². The van der Waals surface area contributed by atoms with Gasteiger partial charge >= 0.3 is 0 Å². The topological polar surface area (TPSA) is 104 Å². The molecule has 1 aliphatic heterocycles. The van der Waals surface area contributed by atoms with Crippen molar-refractivity contribution in [1.29, 1.82) is 0 Å². The molecule has 3 N–H and O–H groups in total. The van der Waals surface area contributed by atoms with Crippen LogP contribution in [0.25, 0.3) is 11.6 Å². The number of hydrogen-bond donors (Lipinski definition) is 3. The van der Waals surface area contributed by atoms with Crippen LogP contribution in [0.5, 0.6) is 0 Å². The molecule has 3 rings (SSSR count). The van der Waals surface area contributed by atoms with Gasteiger partial charge in [0, 0.05) is 32.2 Å². The number of nitrogens with one attached hydrogen (secondary N) is 3. The quantitative estimate of drug-likeness (QED) is 0.496. The summed E-state index contributed by atoms with van der Waals surface area (Å²) in [5, 5.41) is 13.7. The molecule has 3 heterocycles. The van der Waals surface area contributed by atoms with E-state index in [0.29, 0.717) is 30.0 Å². The maximum Gasteiger partial charge on any atom is 0.216 e. The van der Waals surface area contributed by atoms with Gasteiger partial charge in [-0.1, -0.05) is 0 Å². The fourth-order valence-electron chi connectivity index (χ4n) is 2.77. The molecule has 0 aliphatic carbocycles. The smallest absolute Gasteiger partial charge is 0.216 e. The van der Waals surface area contributed by atoms with E-state index < -0.39 is 0 Å². The molecule has 0 spiro atoms. The third-order valence-corrected chi connectivity index (χ3v) is 4.24. The van der Waals surface area contributed by atoms with E-state index in [2.05, 4.69) is 42.6 Å². The molecule has 1 atom stereocenters. The SMILES string of the molecule is CCNC(=NCc1nc(-c2ccco2)n[nH]1)NCC(C)N1CCOCC1. The van der Waals surface area contributed by atoms with Crippen LogP contribution in [0.2, 0.25) is 0 Å². The normalized spacial score (nSPS) is 17.2. The monoisotopic (exact) mass is 361 g/mol. The van der Waals surface area contributed by atoms with Gasteiger partial charge < -0.3 is 19.8 Å². The molecule has 26 heavy (non-hydrogen) atoms. The second kappa shape index (κ2) is 9.35. The van der Waals surface area contributed by atoms with Crippen LogP contribution in [0.4, 0.5) is 0 Å². The van der Waals surface area contributed by atoms with Crippen LogP contribution in [0.3, 0.4) is 0 Å². The Morgan fingerprint density at radius 1 is 1.38 bits per heavy atom. The summed E-state index contributed by atoms with van der Waals surface area (Å²) in [4.78, 5) is 11.4. The van der Waals surface area contributed by atoms with Crippen molar-refractivity contribution in [2.24, 2.45) is 4.99 Å². The van der Waals surface area contributed by atoms with Crippen LogP contribution in [-0.4, -0.2) is 71.5 Å². The summed E-state index contributed by atoms with van der Waals surface area (Å²) >= 11 is 0. The lowest BCUT2D eigenvalue weighted by Gasteiger charge is -2.32. The van der Waals surface area contributed by atoms with Crippen molar-refractivity contribution in [3.05, 3.63) is 24.2 Å². The fourth-order valence-corrected chi connectivity index (χ4v) is 2.77. The van der Waals surface area contributed by atoms with Gasteiger partial charge in [0.1, 0.15) is 12.4 Å².